The molecule has 0 bridgehead atoms. The second kappa shape index (κ2) is 16.7. The van der Waals surface area contributed by atoms with Gasteiger partial charge in [0.15, 0.2) is 0 Å². The number of urea groups is 1. The maximum atomic E-state index is 12.7. The summed E-state index contributed by atoms with van der Waals surface area (Å²) >= 11 is 0. The van der Waals surface area contributed by atoms with Gasteiger partial charge in [-0.2, -0.15) is 0 Å². The van der Waals surface area contributed by atoms with E-state index in [2.05, 4.69) is 77.7 Å². The fourth-order valence-corrected chi connectivity index (χ4v) is 4.97. The highest BCUT2D eigenvalue weighted by atomic mass is 16.6. The summed E-state index contributed by atoms with van der Waals surface area (Å²) in [6.07, 6.45) is 7.25. The summed E-state index contributed by atoms with van der Waals surface area (Å²) in [6.45, 7) is 4.96. The Bertz CT molecular complexity index is 1000. The first-order valence-corrected chi connectivity index (χ1v) is 14.2. The van der Waals surface area contributed by atoms with Crippen LogP contribution >= 0.6 is 0 Å². The normalized spacial score (nSPS) is 13.0. The standard InChI is InChI=1S/C32H47N3O4/c1-25(2)22-30(35(3,4)5)29(23-31(37)39-24-36)34-32(38)33-21-13-8-6-7-10-14-26-17-19-28(20-18-26)27-15-11-9-12-16-27/h9,11-12,15-20,24-25,29-30H,6-8,10,13-14,21-23H2,1-5H3,(H-,33,34,38)/p+1. The van der Waals surface area contributed by atoms with Gasteiger partial charge in [-0.3, -0.25) is 9.59 Å². The summed E-state index contributed by atoms with van der Waals surface area (Å²) in [4.78, 5) is 35.4. The third-order valence-electron chi connectivity index (χ3n) is 7.04. The average molecular weight is 539 g/mol. The molecule has 0 aromatic heterocycles. The Morgan fingerprint density at radius 1 is 0.872 bits per heavy atom. The summed E-state index contributed by atoms with van der Waals surface area (Å²) in [5, 5.41) is 5.91. The maximum absolute atomic E-state index is 12.7. The van der Waals surface area contributed by atoms with Crippen molar-refractivity contribution >= 4 is 18.5 Å². The van der Waals surface area contributed by atoms with Crippen molar-refractivity contribution in [2.45, 2.75) is 77.3 Å². The van der Waals surface area contributed by atoms with Crippen molar-refractivity contribution in [3.63, 3.8) is 0 Å². The fourth-order valence-electron chi connectivity index (χ4n) is 4.97. The summed E-state index contributed by atoms with van der Waals surface area (Å²) < 4.78 is 5.10. The summed E-state index contributed by atoms with van der Waals surface area (Å²) in [5.74, 6) is -0.250. The van der Waals surface area contributed by atoms with Crippen LogP contribution in [0.15, 0.2) is 54.6 Å². The van der Waals surface area contributed by atoms with Crippen molar-refractivity contribution in [1.82, 2.24) is 10.6 Å². The number of ether oxygens (including phenoxy) is 1. The van der Waals surface area contributed by atoms with E-state index in [1.165, 1.54) is 16.7 Å². The maximum Gasteiger partial charge on any atom is 0.315 e. The van der Waals surface area contributed by atoms with Crippen molar-refractivity contribution in [2.75, 3.05) is 27.7 Å². The fraction of sp³-hybridized carbons (Fsp3) is 0.531. The van der Waals surface area contributed by atoms with Gasteiger partial charge in [0.05, 0.1) is 33.6 Å². The molecule has 0 aliphatic carbocycles. The van der Waals surface area contributed by atoms with Crippen LogP contribution in [-0.4, -0.2) is 62.7 Å². The Morgan fingerprint density at radius 3 is 2.10 bits per heavy atom. The zero-order valence-corrected chi connectivity index (χ0v) is 24.4. The number of aryl methyl sites for hydroxylation is 1. The molecule has 0 aliphatic rings. The molecule has 0 heterocycles. The van der Waals surface area contributed by atoms with Gasteiger partial charge < -0.3 is 19.9 Å². The Labute approximate surface area is 234 Å². The summed E-state index contributed by atoms with van der Waals surface area (Å²) in [6, 6.07) is 18.5. The molecule has 0 aliphatic heterocycles. The minimum atomic E-state index is -0.635. The molecule has 2 unspecified atom stereocenters. The monoisotopic (exact) mass is 538 g/mol. The van der Waals surface area contributed by atoms with Crippen LogP contribution in [0.2, 0.25) is 0 Å². The number of esters is 1. The molecule has 2 amide bonds. The van der Waals surface area contributed by atoms with E-state index in [-0.39, 0.29) is 25.0 Å². The van der Waals surface area contributed by atoms with Crippen LogP contribution in [0.1, 0.15) is 64.4 Å². The highest BCUT2D eigenvalue weighted by molar-refractivity contribution is 5.79. The molecule has 0 radical (unpaired) electrons. The Morgan fingerprint density at radius 2 is 1.49 bits per heavy atom. The van der Waals surface area contributed by atoms with E-state index in [0.717, 1.165) is 44.9 Å². The van der Waals surface area contributed by atoms with Gasteiger partial charge in [0, 0.05) is 13.0 Å². The zero-order valence-electron chi connectivity index (χ0n) is 24.4. The highest BCUT2D eigenvalue weighted by Gasteiger charge is 2.36. The first-order chi connectivity index (χ1) is 18.6. The smallest absolute Gasteiger partial charge is 0.315 e. The van der Waals surface area contributed by atoms with Crippen molar-refractivity contribution < 1.29 is 23.6 Å². The third-order valence-corrected chi connectivity index (χ3v) is 7.04. The number of nitrogens with one attached hydrogen (secondary N) is 2. The molecule has 0 fully saturated rings. The lowest BCUT2D eigenvalue weighted by Crippen LogP contribution is -2.59. The largest absolute Gasteiger partial charge is 0.395 e. The van der Waals surface area contributed by atoms with E-state index in [1.807, 2.05) is 27.2 Å². The molecular formula is C32H48N3O4+. The number of hydrogen-bond acceptors (Lipinski definition) is 4. The lowest BCUT2D eigenvalue weighted by molar-refractivity contribution is -0.898. The van der Waals surface area contributed by atoms with Crippen LogP contribution in [0.5, 0.6) is 0 Å². The van der Waals surface area contributed by atoms with E-state index < -0.39 is 12.0 Å². The van der Waals surface area contributed by atoms with E-state index in [0.29, 0.717) is 16.9 Å². The molecule has 0 saturated carbocycles. The lowest BCUT2D eigenvalue weighted by atomic mass is 9.93. The number of rotatable bonds is 17. The molecule has 7 heteroatoms. The number of quaternary nitrogens is 1. The van der Waals surface area contributed by atoms with Crippen molar-refractivity contribution in [1.29, 1.82) is 0 Å². The Balaban J connectivity index is 1.69. The van der Waals surface area contributed by atoms with Gasteiger partial charge in [-0.25, -0.2) is 4.79 Å². The number of nitrogens with zero attached hydrogens (tertiary/aromatic N) is 1. The molecule has 39 heavy (non-hydrogen) atoms. The third kappa shape index (κ3) is 12.5. The molecule has 2 aromatic rings. The molecule has 0 spiro atoms. The molecule has 2 N–H and O–H groups in total. The minimum absolute atomic E-state index is 0.00973. The van der Waals surface area contributed by atoms with Gasteiger partial charge in [-0.1, -0.05) is 87.7 Å². The minimum Gasteiger partial charge on any atom is -0.395 e. The highest BCUT2D eigenvalue weighted by Crippen LogP contribution is 2.21. The van der Waals surface area contributed by atoms with Gasteiger partial charge in [0.25, 0.3) is 0 Å². The average Bonchev–Trinajstić information content (AvgIpc) is 2.89. The molecular weight excluding hydrogens is 490 g/mol. The molecule has 214 valence electrons. The van der Waals surface area contributed by atoms with E-state index in [1.54, 1.807) is 0 Å². The van der Waals surface area contributed by atoms with Crippen LogP contribution in [0.25, 0.3) is 11.1 Å². The summed E-state index contributed by atoms with van der Waals surface area (Å²) in [5.41, 5.74) is 3.85. The zero-order chi connectivity index (χ0) is 28.7. The van der Waals surface area contributed by atoms with Gasteiger partial charge in [0.1, 0.15) is 6.04 Å². The van der Waals surface area contributed by atoms with Gasteiger partial charge in [0.2, 0.25) is 0 Å². The number of likely N-dealkylation sites (N-methyl/N-ethyl adjacent to an activating group) is 1. The number of benzene rings is 2. The van der Waals surface area contributed by atoms with Crippen molar-refractivity contribution in [3.8, 4) is 11.1 Å². The molecule has 2 atom stereocenters. The number of unbranched alkanes of at least 4 members (excludes halogenated alkanes) is 4. The molecule has 2 aromatic carbocycles. The van der Waals surface area contributed by atoms with Crippen LogP contribution in [-0.2, 0) is 20.7 Å². The quantitative estimate of drug-likeness (QED) is 0.0886. The Hall–Kier alpha value is -3.19. The topological polar surface area (TPSA) is 84.5 Å². The molecule has 7 nitrogen and oxygen atoms in total. The summed E-state index contributed by atoms with van der Waals surface area (Å²) in [7, 11) is 6.14. The molecule has 0 saturated heterocycles. The number of carbonyl (C=O) groups is 3. The van der Waals surface area contributed by atoms with E-state index in [4.69, 9.17) is 0 Å². The van der Waals surface area contributed by atoms with Crippen molar-refractivity contribution in [3.05, 3.63) is 60.2 Å². The lowest BCUT2D eigenvalue weighted by Gasteiger charge is -2.40. The van der Waals surface area contributed by atoms with E-state index >= 15 is 0 Å². The van der Waals surface area contributed by atoms with Crippen molar-refractivity contribution in [2.24, 2.45) is 5.92 Å². The predicted octanol–water partition coefficient (Wildman–Crippen LogP) is 5.73. The first kappa shape index (κ1) is 32.0. The van der Waals surface area contributed by atoms with Crippen LogP contribution < -0.4 is 10.6 Å². The van der Waals surface area contributed by atoms with Gasteiger partial charge in [-0.15, -0.1) is 0 Å². The second-order valence-corrected chi connectivity index (χ2v) is 11.7. The molecule has 2 rings (SSSR count). The number of hydrogen-bond donors (Lipinski definition) is 2. The number of carbonyl (C=O) groups excluding carboxylic acids is 3. The van der Waals surface area contributed by atoms with Crippen LogP contribution in [0.4, 0.5) is 4.79 Å². The Kier molecular flexibility index (Phi) is 13.7. The number of amides is 2. The van der Waals surface area contributed by atoms with E-state index in [9.17, 15) is 14.4 Å². The second-order valence-electron chi connectivity index (χ2n) is 11.7. The van der Waals surface area contributed by atoms with Crippen LogP contribution in [0, 0.1) is 5.92 Å². The van der Waals surface area contributed by atoms with Gasteiger partial charge in [-0.05, 0) is 41.9 Å². The first-order valence-electron chi connectivity index (χ1n) is 14.2. The van der Waals surface area contributed by atoms with Gasteiger partial charge >= 0.3 is 18.5 Å². The predicted molar refractivity (Wildman–Crippen MR) is 157 cm³/mol. The van der Waals surface area contributed by atoms with Crippen LogP contribution in [0.3, 0.4) is 0 Å². The SMILES string of the molecule is CC(C)CC(C(CC(=O)OC=O)NC(=O)NCCCCCCCc1ccc(-c2ccccc2)cc1)[N+](C)(C)C.